The second-order valence-electron chi connectivity index (χ2n) is 15.1. The van der Waals surface area contributed by atoms with Crippen molar-refractivity contribution < 1.29 is 28.0 Å². The maximum atomic E-state index is 14.2. The van der Waals surface area contributed by atoms with E-state index < -0.39 is 60.1 Å². The molecule has 1 aromatic carbocycles. The monoisotopic (exact) mass is 631 g/mol. The van der Waals surface area contributed by atoms with Crippen molar-refractivity contribution in [2.24, 2.45) is 22.7 Å². The summed E-state index contributed by atoms with van der Waals surface area (Å²) in [6, 6.07) is 5.69. The van der Waals surface area contributed by atoms with Gasteiger partial charge in [-0.15, -0.1) is 0 Å². The van der Waals surface area contributed by atoms with Crippen molar-refractivity contribution in [3.63, 3.8) is 0 Å². The van der Waals surface area contributed by atoms with Gasteiger partial charge in [0.25, 0.3) is 0 Å². The number of nitrogens with zero attached hydrogens (tertiary/aromatic N) is 1. The largest absolute Gasteiger partial charge is 0.354 e. The standard InChI is InChI=1S/C34H51F2N5O4/c1-32(2,3)27(39-31(45)40-34(6)16-11-8-12-17-34)30(44)41-20-22-25(33(22,4)5)26(41)29(43)38-23(19-24(35)36)28(42)37-18-15-21-13-9-7-10-14-21/h7,9-10,13-14,22-27H,8,11-12,15-20H2,1-6H3,(H,37,42)(H,38,43)(H2,39,40,45)/t22-,23-,25-,26-,27+/m0/s1. The molecule has 3 fully saturated rings. The lowest BCUT2D eigenvalue weighted by Gasteiger charge is -2.39. The van der Waals surface area contributed by atoms with Gasteiger partial charge in [-0.05, 0) is 54.4 Å². The van der Waals surface area contributed by atoms with Crippen LogP contribution in [0, 0.1) is 22.7 Å². The maximum absolute atomic E-state index is 14.2. The maximum Gasteiger partial charge on any atom is 0.315 e. The van der Waals surface area contributed by atoms with E-state index in [1.165, 1.54) is 4.90 Å². The molecule has 250 valence electrons. The molecule has 0 spiro atoms. The molecule has 1 saturated heterocycles. The zero-order valence-corrected chi connectivity index (χ0v) is 27.6. The fourth-order valence-corrected chi connectivity index (χ4v) is 7.29. The Morgan fingerprint density at radius 2 is 1.62 bits per heavy atom. The number of hydrogen-bond acceptors (Lipinski definition) is 4. The van der Waals surface area contributed by atoms with Crippen LogP contribution in [-0.4, -0.2) is 71.8 Å². The van der Waals surface area contributed by atoms with Gasteiger partial charge in [-0.2, -0.15) is 0 Å². The van der Waals surface area contributed by atoms with Crippen molar-refractivity contribution >= 4 is 23.8 Å². The van der Waals surface area contributed by atoms with Crippen molar-refractivity contribution in [2.45, 2.75) is 117 Å². The lowest BCUT2D eigenvalue weighted by atomic mass is 9.83. The number of nitrogens with one attached hydrogen (secondary N) is 4. The Morgan fingerprint density at radius 1 is 0.978 bits per heavy atom. The number of rotatable bonds is 11. The van der Waals surface area contributed by atoms with Crippen LogP contribution in [0.2, 0.25) is 0 Å². The van der Waals surface area contributed by atoms with E-state index >= 15 is 0 Å². The summed E-state index contributed by atoms with van der Waals surface area (Å²) in [6.45, 7) is 12.2. The van der Waals surface area contributed by atoms with Crippen molar-refractivity contribution in [1.82, 2.24) is 26.2 Å². The average Bonchev–Trinajstić information content (AvgIpc) is 3.27. The predicted molar refractivity (Wildman–Crippen MR) is 168 cm³/mol. The molecule has 2 saturated carbocycles. The predicted octanol–water partition coefficient (Wildman–Crippen LogP) is 4.41. The highest BCUT2D eigenvalue weighted by atomic mass is 19.3. The first-order valence-electron chi connectivity index (χ1n) is 16.3. The van der Waals surface area contributed by atoms with Gasteiger partial charge >= 0.3 is 6.03 Å². The van der Waals surface area contributed by atoms with Crippen LogP contribution in [0.4, 0.5) is 13.6 Å². The fraction of sp³-hybridized carbons (Fsp3) is 0.706. The van der Waals surface area contributed by atoms with Crippen LogP contribution in [0.1, 0.15) is 85.6 Å². The number of fused-ring (bicyclic) bond motifs is 1. The number of amides is 5. The highest BCUT2D eigenvalue weighted by Gasteiger charge is 2.70. The molecule has 45 heavy (non-hydrogen) atoms. The minimum atomic E-state index is -2.82. The molecule has 3 aliphatic rings. The van der Waals surface area contributed by atoms with E-state index in [-0.39, 0.29) is 29.3 Å². The summed E-state index contributed by atoms with van der Waals surface area (Å²) in [7, 11) is 0. The summed E-state index contributed by atoms with van der Waals surface area (Å²) in [5, 5.41) is 11.2. The van der Waals surface area contributed by atoms with Crippen molar-refractivity contribution in [3.05, 3.63) is 35.9 Å². The Hall–Kier alpha value is -3.24. The SMILES string of the molecule is CC1(NC(=O)N[C@H](C(=O)N2C[C@H]3[C@@H]([C@H]2C(=O)N[C@@H](CC(F)F)C(=O)NCCc2ccccc2)C3(C)C)C(C)(C)C)CCCCC1. The van der Waals surface area contributed by atoms with Gasteiger partial charge in [-0.3, -0.25) is 14.4 Å². The van der Waals surface area contributed by atoms with E-state index in [0.29, 0.717) is 13.0 Å². The summed E-state index contributed by atoms with van der Waals surface area (Å²) in [4.78, 5) is 55.7. The molecule has 1 aromatic rings. The van der Waals surface area contributed by atoms with Crippen LogP contribution in [0.3, 0.4) is 0 Å². The summed E-state index contributed by atoms with van der Waals surface area (Å²) < 4.78 is 27.2. The molecule has 4 N–H and O–H groups in total. The van der Waals surface area contributed by atoms with Crippen molar-refractivity contribution in [1.29, 1.82) is 0 Å². The third-order valence-corrected chi connectivity index (χ3v) is 10.1. The number of carbonyl (C=O) groups excluding carboxylic acids is 4. The lowest BCUT2D eigenvalue weighted by molar-refractivity contribution is -0.144. The Bertz CT molecular complexity index is 1230. The van der Waals surface area contributed by atoms with Crippen molar-refractivity contribution in [2.75, 3.05) is 13.1 Å². The number of hydrogen-bond donors (Lipinski definition) is 4. The molecule has 11 heteroatoms. The normalized spacial score (nSPS) is 24.6. The van der Waals surface area contributed by atoms with E-state index in [0.717, 1.165) is 37.7 Å². The van der Waals surface area contributed by atoms with E-state index in [4.69, 9.17) is 0 Å². The van der Waals surface area contributed by atoms with Crippen LogP contribution in [0.25, 0.3) is 0 Å². The van der Waals surface area contributed by atoms with Crippen LogP contribution in [0.5, 0.6) is 0 Å². The number of carbonyl (C=O) groups is 4. The number of alkyl halides is 2. The molecule has 0 aromatic heterocycles. The van der Waals surface area contributed by atoms with Gasteiger partial charge in [0.1, 0.15) is 18.1 Å². The second-order valence-corrected chi connectivity index (χ2v) is 15.1. The average molecular weight is 632 g/mol. The summed E-state index contributed by atoms with van der Waals surface area (Å²) in [5.41, 5.74) is -0.274. The van der Waals surface area contributed by atoms with Gasteiger partial charge < -0.3 is 26.2 Å². The molecule has 9 nitrogen and oxygen atoms in total. The quantitative estimate of drug-likeness (QED) is 0.289. The van der Waals surface area contributed by atoms with Gasteiger partial charge in [0, 0.05) is 25.0 Å². The minimum absolute atomic E-state index is 0.0426. The first-order valence-corrected chi connectivity index (χ1v) is 16.3. The Labute approximate surface area is 266 Å². The van der Waals surface area contributed by atoms with Gasteiger partial charge in [0.15, 0.2) is 0 Å². The van der Waals surface area contributed by atoms with Crippen molar-refractivity contribution in [3.8, 4) is 0 Å². The number of piperidine rings is 1. The number of urea groups is 1. The third kappa shape index (κ3) is 8.33. The summed E-state index contributed by atoms with van der Waals surface area (Å²) in [6.07, 6.45) is 1.76. The van der Waals surface area contributed by atoms with E-state index in [1.54, 1.807) is 0 Å². The van der Waals surface area contributed by atoms with Gasteiger partial charge in [-0.25, -0.2) is 13.6 Å². The van der Waals surface area contributed by atoms with Gasteiger partial charge in [-0.1, -0.05) is 84.2 Å². The van der Waals surface area contributed by atoms with E-state index in [9.17, 15) is 28.0 Å². The smallest absolute Gasteiger partial charge is 0.315 e. The molecular formula is C34H51F2N5O4. The molecule has 4 rings (SSSR count). The molecule has 5 amide bonds. The number of likely N-dealkylation sites (tertiary alicyclic amines) is 1. The first-order chi connectivity index (χ1) is 21.0. The minimum Gasteiger partial charge on any atom is -0.354 e. The zero-order chi connectivity index (χ0) is 33.2. The molecule has 1 aliphatic heterocycles. The van der Waals surface area contributed by atoms with E-state index in [2.05, 4.69) is 21.3 Å². The zero-order valence-electron chi connectivity index (χ0n) is 27.6. The first kappa shape index (κ1) is 34.6. The van der Waals surface area contributed by atoms with Gasteiger partial charge in [0.2, 0.25) is 24.1 Å². The molecule has 0 bridgehead atoms. The number of halogens is 2. The molecule has 0 radical (unpaired) electrons. The summed E-state index contributed by atoms with van der Waals surface area (Å²) >= 11 is 0. The highest BCUT2D eigenvalue weighted by Crippen LogP contribution is 2.65. The van der Waals surface area contributed by atoms with Crippen LogP contribution < -0.4 is 21.3 Å². The molecular weight excluding hydrogens is 580 g/mol. The Morgan fingerprint density at radius 3 is 2.22 bits per heavy atom. The lowest BCUT2D eigenvalue weighted by Crippen LogP contribution is -2.62. The Balaban J connectivity index is 1.47. The summed E-state index contributed by atoms with van der Waals surface area (Å²) in [5.74, 6) is -1.86. The van der Waals surface area contributed by atoms with Crippen LogP contribution >= 0.6 is 0 Å². The van der Waals surface area contributed by atoms with E-state index in [1.807, 2.05) is 71.9 Å². The molecule has 0 unspecified atom stereocenters. The highest BCUT2D eigenvalue weighted by molar-refractivity contribution is 5.95. The molecule has 5 atom stereocenters. The third-order valence-electron chi connectivity index (χ3n) is 10.1. The van der Waals surface area contributed by atoms with Gasteiger partial charge in [0.05, 0.1) is 0 Å². The molecule has 2 aliphatic carbocycles. The van der Waals surface area contributed by atoms with Crippen LogP contribution in [-0.2, 0) is 20.8 Å². The Kier molecular flexibility index (Phi) is 10.5. The fourth-order valence-electron chi connectivity index (χ4n) is 7.29. The second kappa shape index (κ2) is 13.6. The van der Waals surface area contributed by atoms with Crippen LogP contribution in [0.15, 0.2) is 30.3 Å². The molecule has 1 heterocycles. The topological polar surface area (TPSA) is 120 Å². The number of benzene rings is 1.